The number of benzene rings is 2. The van der Waals surface area contributed by atoms with Crippen LogP contribution in [0.4, 0.5) is 0 Å². The molecule has 0 aromatic heterocycles. The maximum absolute atomic E-state index is 13.2. The van der Waals surface area contributed by atoms with Gasteiger partial charge in [0.1, 0.15) is 0 Å². The standard InChI is InChI=1S/C26H33N3O3/c1-31-22-10-8-19(14-23(22)32-2)9-11-24(30)27-25-20-15-28-12-13-29(16-20)18-26(25,17-28)21-6-4-3-5-7-21/h3-8,10,14,20,25H,9,11-13,15-18H2,1-2H3,(H,27,30)/t20?,25-,26?/m0/s1. The number of ether oxygens (including phenoxy) is 2. The second-order valence-electron chi connectivity index (χ2n) is 9.49. The Labute approximate surface area is 190 Å². The van der Waals surface area contributed by atoms with Crippen LogP contribution >= 0.6 is 0 Å². The predicted octanol–water partition coefficient (Wildman–Crippen LogP) is 2.32. The van der Waals surface area contributed by atoms with E-state index < -0.39 is 0 Å². The van der Waals surface area contributed by atoms with E-state index in [-0.39, 0.29) is 17.4 Å². The van der Waals surface area contributed by atoms with Crippen molar-refractivity contribution in [3.8, 4) is 11.5 Å². The van der Waals surface area contributed by atoms with Gasteiger partial charge in [-0.2, -0.15) is 0 Å². The normalized spacial score (nSPS) is 30.6. The van der Waals surface area contributed by atoms with Crippen LogP contribution in [0.2, 0.25) is 0 Å². The molecule has 2 aromatic rings. The van der Waals surface area contributed by atoms with Gasteiger partial charge in [0.25, 0.3) is 0 Å². The highest BCUT2D eigenvalue weighted by atomic mass is 16.5. The van der Waals surface area contributed by atoms with E-state index in [1.165, 1.54) is 5.56 Å². The summed E-state index contributed by atoms with van der Waals surface area (Å²) in [6.07, 6.45) is 1.15. The summed E-state index contributed by atoms with van der Waals surface area (Å²) in [7, 11) is 3.27. The number of methoxy groups -OCH3 is 2. The Balaban J connectivity index is 1.33. The molecule has 4 bridgehead atoms. The molecule has 1 amide bonds. The number of hydrogen-bond acceptors (Lipinski definition) is 5. The topological polar surface area (TPSA) is 54.0 Å². The number of nitrogens with zero attached hydrogens (tertiary/aromatic N) is 2. The molecule has 3 atom stereocenters. The number of carbonyl (C=O) groups is 1. The van der Waals surface area contributed by atoms with Gasteiger partial charge in [-0.1, -0.05) is 36.4 Å². The van der Waals surface area contributed by atoms with Gasteiger partial charge in [0.2, 0.25) is 5.91 Å². The number of carbonyl (C=O) groups excluding carboxylic acids is 1. The predicted molar refractivity (Wildman–Crippen MR) is 124 cm³/mol. The van der Waals surface area contributed by atoms with Crippen molar-refractivity contribution in [2.75, 3.05) is 53.5 Å². The molecule has 4 aliphatic rings. The molecule has 4 aliphatic heterocycles. The summed E-state index contributed by atoms with van der Waals surface area (Å²) in [5.74, 6) is 2.01. The minimum atomic E-state index is -0.0437. The first-order chi connectivity index (χ1) is 15.6. The lowest BCUT2D eigenvalue weighted by molar-refractivity contribution is -0.124. The smallest absolute Gasteiger partial charge is 0.220 e. The molecule has 0 saturated carbocycles. The Morgan fingerprint density at radius 3 is 2.34 bits per heavy atom. The van der Waals surface area contributed by atoms with Crippen molar-refractivity contribution in [2.24, 2.45) is 5.92 Å². The lowest BCUT2D eigenvalue weighted by Crippen LogP contribution is -2.70. The van der Waals surface area contributed by atoms with Crippen molar-refractivity contribution in [2.45, 2.75) is 24.3 Å². The molecule has 6 nitrogen and oxygen atoms in total. The highest BCUT2D eigenvalue weighted by Crippen LogP contribution is 2.43. The zero-order valence-electron chi connectivity index (χ0n) is 19.0. The number of amides is 1. The quantitative estimate of drug-likeness (QED) is 0.724. The fourth-order valence-corrected chi connectivity index (χ4v) is 6.11. The first-order valence-electron chi connectivity index (χ1n) is 11.6. The van der Waals surface area contributed by atoms with Crippen LogP contribution in [-0.2, 0) is 16.6 Å². The fourth-order valence-electron chi connectivity index (χ4n) is 6.11. The molecule has 2 unspecified atom stereocenters. The largest absolute Gasteiger partial charge is 0.493 e. The van der Waals surface area contributed by atoms with Gasteiger partial charge in [-0.25, -0.2) is 0 Å². The van der Waals surface area contributed by atoms with E-state index >= 15 is 0 Å². The molecule has 6 heteroatoms. The number of rotatable bonds is 7. The third-order valence-corrected chi connectivity index (χ3v) is 7.55. The molecular weight excluding hydrogens is 402 g/mol. The van der Waals surface area contributed by atoms with Crippen molar-refractivity contribution in [3.05, 3.63) is 59.7 Å². The fraction of sp³-hybridized carbons (Fsp3) is 0.500. The molecule has 0 aliphatic carbocycles. The average Bonchev–Trinajstić information content (AvgIpc) is 3.08. The van der Waals surface area contributed by atoms with Crippen LogP contribution < -0.4 is 14.8 Å². The van der Waals surface area contributed by atoms with Crippen molar-refractivity contribution in [1.29, 1.82) is 0 Å². The second-order valence-corrected chi connectivity index (χ2v) is 9.49. The van der Waals surface area contributed by atoms with Gasteiger partial charge in [0.05, 0.1) is 14.2 Å². The Bertz CT molecular complexity index is 948. The van der Waals surface area contributed by atoms with Crippen molar-refractivity contribution in [1.82, 2.24) is 15.1 Å². The summed E-state index contributed by atoms with van der Waals surface area (Å²) in [5.41, 5.74) is 2.39. The summed E-state index contributed by atoms with van der Waals surface area (Å²) in [6.45, 7) is 6.45. The summed E-state index contributed by atoms with van der Waals surface area (Å²) >= 11 is 0. The molecule has 170 valence electrons. The third kappa shape index (κ3) is 3.86. The maximum Gasteiger partial charge on any atom is 0.220 e. The van der Waals surface area contributed by atoms with Crippen molar-refractivity contribution < 1.29 is 14.3 Å². The zero-order valence-corrected chi connectivity index (χ0v) is 19.0. The number of hydrogen-bond donors (Lipinski definition) is 1. The molecular formula is C26H33N3O3. The molecule has 0 radical (unpaired) electrons. The number of fused-ring (bicyclic) bond motifs is 1. The minimum absolute atomic E-state index is 0.0437. The molecule has 4 fully saturated rings. The van der Waals surface area contributed by atoms with Gasteiger partial charge in [-0.3, -0.25) is 4.79 Å². The first-order valence-corrected chi connectivity index (χ1v) is 11.6. The van der Waals surface area contributed by atoms with Gasteiger partial charge in [-0.15, -0.1) is 0 Å². The van der Waals surface area contributed by atoms with E-state index in [2.05, 4.69) is 45.4 Å². The van der Waals surface area contributed by atoms with Crippen LogP contribution in [0.15, 0.2) is 48.5 Å². The zero-order chi connectivity index (χ0) is 22.1. The Hall–Kier alpha value is -2.57. The van der Waals surface area contributed by atoms with Crippen LogP contribution in [0.25, 0.3) is 0 Å². The summed E-state index contributed by atoms with van der Waals surface area (Å²) in [4.78, 5) is 18.4. The van der Waals surface area contributed by atoms with E-state index in [1.807, 2.05) is 18.2 Å². The number of piperidine rings is 2. The Kier molecular flexibility index (Phi) is 5.82. The lowest BCUT2D eigenvalue weighted by Gasteiger charge is -2.55. The maximum atomic E-state index is 13.2. The average molecular weight is 436 g/mol. The van der Waals surface area contributed by atoms with Crippen LogP contribution in [0.1, 0.15) is 17.5 Å². The molecule has 4 heterocycles. The van der Waals surface area contributed by atoms with Gasteiger partial charge < -0.3 is 24.6 Å². The van der Waals surface area contributed by atoms with E-state index in [4.69, 9.17) is 9.47 Å². The van der Waals surface area contributed by atoms with E-state index in [0.29, 0.717) is 30.3 Å². The number of nitrogens with one attached hydrogen (secondary N) is 1. The minimum Gasteiger partial charge on any atom is -0.493 e. The van der Waals surface area contributed by atoms with Gasteiger partial charge in [0.15, 0.2) is 11.5 Å². The monoisotopic (exact) mass is 435 g/mol. The Morgan fingerprint density at radius 2 is 1.69 bits per heavy atom. The second kappa shape index (κ2) is 8.75. The summed E-state index contributed by atoms with van der Waals surface area (Å²) in [6, 6.07) is 16.9. The molecule has 2 aromatic carbocycles. The molecule has 0 spiro atoms. The molecule has 4 saturated heterocycles. The van der Waals surface area contributed by atoms with Crippen LogP contribution in [0.5, 0.6) is 11.5 Å². The Morgan fingerprint density at radius 1 is 1.00 bits per heavy atom. The lowest BCUT2D eigenvalue weighted by atomic mass is 9.64. The van der Waals surface area contributed by atoms with Crippen molar-refractivity contribution in [3.63, 3.8) is 0 Å². The van der Waals surface area contributed by atoms with Crippen LogP contribution in [0.3, 0.4) is 0 Å². The van der Waals surface area contributed by atoms with Gasteiger partial charge >= 0.3 is 0 Å². The SMILES string of the molecule is COc1ccc(CCC(=O)N[C@H]2C3CN4CCN(C3)CC2(c2ccccc2)C4)cc1OC. The van der Waals surface area contributed by atoms with Gasteiger partial charge in [0, 0.05) is 63.1 Å². The molecule has 6 rings (SSSR count). The summed E-state index contributed by atoms with van der Waals surface area (Å²) in [5, 5.41) is 3.50. The van der Waals surface area contributed by atoms with E-state index in [1.54, 1.807) is 14.2 Å². The van der Waals surface area contributed by atoms with Crippen LogP contribution in [-0.4, -0.2) is 75.2 Å². The van der Waals surface area contributed by atoms with Crippen molar-refractivity contribution >= 4 is 5.91 Å². The number of aryl methyl sites for hydroxylation is 1. The highest BCUT2D eigenvalue weighted by molar-refractivity contribution is 5.77. The van der Waals surface area contributed by atoms with E-state index in [0.717, 1.165) is 44.8 Å². The highest BCUT2D eigenvalue weighted by Gasteiger charge is 2.55. The summed E-state index contributed by atoms with van der Waals surface area (Å²) < 4.78 is 10.7. The third-order valence-electron chi connectivity index (χ3n) is 7.55. The van der Waals surface area contributed by atoms with Gasteiger partial charge in [-0.05, 0) is 29.7 Å². The first kappa shape index (κ1) is 21.3. The van der Waals surface area contributed by atoms with E-state index in [9.17, 15) is 4.79 Å². The van der Waals surface area contributed by atoms with Crippen LogP contribution in [0, 0.1) is 5.92 Å². The molecule has 1 N–H and O–H groups in total. The molecule has 32 heavy (non-hydrogen) atoms.